The Labute approximate surface area is 148 Å². The molecule has 4 atom stereocenters. The standard InChI is InChI=1S/C17H26N4O3S/c1-9-8-14-12(4)19-13(5)20-16(14)21(9)17-11(3)10(2)15(24-17)6-7-25(18,22)23/h8,10-11,15,17H,6-7H2,1-5H3,(H2,18,22,23)/t10?,11?,15-,17+/m0/s1. The predicted octanol–water partition coefficient (Wildman–Crippen LogP) is 2.20. The van der Waals surface area contributed by atoms with Crippen LogP contribution in [0.15, 0.2) is 6.07 Å². The van der Waals surface area contributed by atoms with Gasteiger partial charge in [0.15, 0.2) is 0 Å². The van der Waals surface area contributed by atoms with Crippen molar-refractivity contribution in [2.45, 2.75) is 53.4 Å². The van der Waals surface area contributed by atoms with E-state index in [0.29, 0.717) is 6.42 Å². The van der Waals surface area contributed by atoms with Crippen LogP contribution in [0.4, 0.5) is 0 Å². The summed E-state index contributed by atoms with van der Waals surface area (Å²) in [5.74, 6) is 1.13. The van der Waals surface area contributed by atoms with Crippen molar-refractivity contribution in [3.8, 4) is 0 Å². The molecule has 2 N–H and O–H groups in total. The number of hydrogen-bond acceptors (Lipinski definition) is 5. The van der Waals surface area contributed by atoms with Crippen LogP contribution in [0, 0.1) is 32.6 Å². The average Bonchev–Trinajstić information content (AvgIpc) is 2.95. The summed E-state index contributed by atoms with van der Waals surface area (Å²) >= 11 is 0. The van der Waals surface area contributed by atoms with Crippen LogP contribution < -0.4 is 5.14 Å². The van der Waals surface area contributed by atoms with Crippen LogP contribution in [-0.2, 0) is 14.8 Å². The van der Waals surface area contributed by atoms with E-state index in [4.69, 9.17) is 9.88 Å². The van der Waals surface area contributed by atoms with E-state index in [2.05, 4.69) is 34.4 Å². The van der Waals surface area contributed by atoms with Gasteiger partial charge in [-0.25, -0.2) is 23.5 Å². The van der Waals surface area contributed by atoms with Gasteiger partial charge in [0, 0.05) is 17.0 Å². The lowest BCUT2D eigenvalue weighted by molar-refractivity contribution is -0.0123. The summed E-state index contributed by atoms with van der Waals surface area (Å²) in [5, 5.41) is 6.18. The normalized spacial score (nSPS) is 27.3. The van der Waals surface area contributed by atoms with E-state index in [1.165, 1.54) is 0 Å². The molecule has 0 aliphatic carbocycles. The molecule has 0 bridgehead atoms. The van der Waals surface area contributed by atoms with Crippen LogP contribution in [0.2, 0.25) is 0 Å². The average molecular weight is 366 g/mol. The minimum atomic E-state index is -3.49. The fraction of sp³-hybridized carbons (Fsp3) is 0.647. The molecular weight excluding hydrogens is 340 g/mol. The lowest BCUT2D eigenvalue weighted by Crippen LogP contribution is -2.24. The molecule has 2 aromatic rings. The Bertz CT molecular complexity index is 906. The monoisotopic (exact) mass is 366 g/mol. The lowest BCUT2D eigenvalue weighted by Gasteiger charge is -2.21. The second-order valence-electron chi connectivity index (χ2n) is 7.19. The Balaban J connectivity index is 1.97. The number of rotatable bonds is 4. The Hall–Kier alpha value is -1.51. The second-order valence-corrected chi connectivity index (χ2v) is 8.92. The number of nitrogens with zero attached hydrogens (tertiary/aromatic N) is 3. The van der Waals surface area contributed by atoms with Crippen LogP contribution in [0.25, 0.3) is 11.0 Å². The van der Waals surface area contributed by atoms with E-state index in [9.17, 15) is 8.42 Å². The number of fused-ring (bicyclic) bond motifs is 1. The van der Waals surface area contributed by atoms with Gasteiger partial charge in [-0.3, -0.25) is 0 Å². The lowest BCUT2D eigenvalue weighted by atomic mass is 9.91. The van der Waals surface area contributed by atoms with E-state index in [1.54, 1.807) is 0 Å². The largest absolute Gasteiger partial charge is 0.354 e. The van der Waals surface area contributed by atoms with Crippen molar-refractivity contribution in [1.82, 2.24) is 14.5 Å². The van der Waals surface area contributed by atoms with Gasteiger partial charge >= 0.3 is 0 Å². The molecule has 0 saturated carbocycles. The Kier molecular flexibility index (Phi) is 4.63. The maximum atomic E-state index is 11.3. The molecule has 25 heavy (non-hydrogen) atoms. The van der Waals surface area contributed by atoms with Crippen molar-refractivity contribution in [2.24, 2.45) is 17.0 Å². The quantitative estimate of drug-likeness (QED) is 0.894. The van der Waals surface area contributed by atoms with Crippen LogP contribution in [0.1, 0.15) is 43.7 Å². The number of primary sulfonamides is 1. The highest BCUT2D eigenvalue weighted by molar-refractivity contribution is 7.89. The van der Waals surface area contributed by atoms with Gasteiger partial charge in [-0.15, -0.1) is 0 Å². The van der Waals surface area contributed by atoms with Crippen LogP contribution in [-0.4, -0.2) is 34.8 Å². The van der Waals surface area contributed by atoms with E-state index < -0.39 is 10.0 Å². The molecule has 1 aliphatic rings. The third-order valence-electron chi connectivity index (χ3n) is 5.31. The van der Waals surface area contributed by atoms with Crippen molar-refractivity contribution in [2.75, 3.05) is 5.75 Å². The van der Waals surface area contributed by atoms with E-state index >= 15 is 0 Å². The number of aryl methyl sites for hydroxylation is 3. The molecule has 3 rings (SSSR count). The summed E-state index contributed by atoms with van der Waals surface area (Å²) in [5.41, 5.74) is 2.89. The number of hydrogen-bond donors (Lipinski definition) is 1. The highest BCUT2D eigenvalue weighted by Crippen LogP contribution is 2.42. The van der Waals surface area contributed by atoms with E-state index in [-0.39, 0.29) is 29.9 Å². The molecular formula is C17H26N4O3S. The SMILES string of the molecule is Cc1nc(C)c2cc(C)n([C@@H]3O[C@@H](CCS(N)(=O)=O)C(C)C3C)c2n1. The van der Waals surface area contributed by atoms with Crippen molar-refractivity contribution in [3.05, 3.63) is 23.3 Å². The maximum Gasteiger partial charge on any atom is 0.209 e. The maximum absolute atomic E-state index is 11.3. The van der Waals surface area contributed by atoms with Crippen LogP contribution in [0.5, 0.6) is 0 Å². The Morgan fingerprint density at radius 1 is 1.20 bits per heavy atom. The number of nitrogens with two attached hydrogens (primary N) is 1. The van der Waals surface area contributed by atoms with E-state index in [0.717, 1.165) is 28.2 Å². The van der Waals surface area contributed by atoms with Gasteiger partial charge in [0.1, 0.15) is 17.7 Å². The van der Waals surface area contributed by atoms with Crippen LogP contribution >= 0.6 is 0 Å². The van der Waals surface area contributed by atoms with Crippen molar-refractivity contribution < 1.29 is 13.2 Å². The first-order chi connectivity index (χ1) is 11.6. The zero-order valence-electron chi connectivity index (χ0n) is 15.4. The summed E-state index contributed by atoms with van der Waals surface area (Å²) in [6, 6.07) is 2.09. The highest BCUT2D eigenvalue weighted by Gasteiger charge is 2.41. The number of sulfonamides is 1. The van der Waals surface area contributed by atoms with Gasteiger partial charge in [-0.05, 0) is 39.2 Å². The molecule has 1 saturated heterocycles. The van der Waals surface area contributed by atoms with Gasteiger partial charge in [0.2, 0.25) is 10.0 Å². The minimum absolute atomic E-state index is 0.0623. The van der Waals surface area contributed by atoms with Gasteiger partial charge < -0.3 is 9.30 Å². The van der Waals surface area contributed by atoms with Crippen molar-refractivity contribution >= 4 is 21.1 Å². The van der Waals surface area contributed by atoms with E-state index in [1.807, 2.05) is 20.8 Å². The third-order valence-corrected chi connectivity index (χ3v) is 6.12. The first-order valence-corrected chi connectivity index (χ1v) is 10.3. The molecule has 0 spiro atoms. The second kappa shape index (κ2) is 6.34. The molecule has 2 aromatic heterocycles. The minimum Gasteiger partial charge on any atom is -0.354 e. The smallest absolute Gasteiger partial charge is 0.209 e. The summed E-state index contributed by atoms with van der Waals surface area (Å²) in [4.78, 5) is 9.07. The molecule has 2 unspecified atom stereocenters. The molecule has 8 heteroatoms. The predicted molar refractivity (Wildman–Crippen MR) is 96.6 cm³/mol. The van der Waals surface area contributed by atoms with Crippen molar-refractivity contribution in [1.29, 1.82) is 0 Å². The fourth-order valence-corrected chi connectivity index (χ4v) is 4.32. The molecule has 0 radical (unpaired) electrons. The van der Waals surface area contributed by atoms with Gasteiger partial charge in [-0.1, -0.05) is 13.8 Å². The molecule has 1 aliphatic heterocycles. The van der Waals surface area contributed by atoms with Crippen LogP contribution in [0.3, 0.4) is 0 Å². The number of ether oxygens (including phenoxy) is 1. The first kappa shape index (κ1) is 18.3. The topological polar surface area (TPSA) is 100 Å². The summed E-state index contributed by atoms with van der Waals surface area (Å²) < 4.78 is 31.0. The third kappa shape index (κ3) is 3.43. The molecule has 3 heterocycles. The van der Waals surface area contributed by atoms with Crippen molar-refractivity contribution in [3.63, 3.8) is 0 Å². The molecule has 1 fully saturated rings. The summed E-state index contributed by atoms with van der Waals surface area (Å²) in [6.07, 6.45) is 0.0949. The zero-order chi connectivity index (χ0) is 18.5. The molecule has 0 aromatic carbocycles. The highest BCUT2D eigenvalue weighted by atomic mass is 32.2. The molecule has 7 nitrogen and oxygen atoms in total. The summed E-state index contributed by atoms with van der Waals surface area (Å²) in [6.45, 7) is 10.1. The van der Waals surface area contributed by atoms with Gasteiger partial charge in [0.05, 0.1) is 17.6 Å². The first-order valence-electron chi connectivity index (χ1n) is 8.57. The molecule has 0 amide bonds. The zero-order valence-corrected chi connectivity index (χ0v) is 16.2. The fourth-order valence-electron chi connectivity index (χ4n) is 3.76. The number of aromatic nitrogens is 3. The Morgan fingerprint density at radius 2 is 1.88 bits per heavy atom. The Morgan fingerprint density at radius 3 is 2.52 bits per heavy atom. The molecule has 138 valence electrons. The van der Waals surface area contributed by atoms with Gasteiger partial charge in [0.25, 0.3) is 0 Å². The van der Waals surface area contributed by atoms with Gasteiger partial charge in [-0.2, -0.15) is 0 Å². The summed E-state index contributed by atoms with van der Waals surface area (Å²) in [7, 11) is -3.49.